The molecule has 4 nitrogen and oxygen atoms in total. The summed E-state index contributed by atoms with van der Waals surface area (Å²) in [5, 5.41) is 4.32. The van der Waals surface area contributed by atoms with Crippen molar-refractivity contribution >= 4 is 0 Å². The van der Waals surface area contributed by atoms with Crippen molar-refractivity contribution in [2.75, 3.05) is 6.54 Å². The first kappa shape index (κ1) is 14.2. The van der Waals surface area contributed by atoms with Crippen LogP contribution in [-0.2, 0) is 6.54 Å². The summed E-state index contributed by atoms with van der Waals surface area (Å²) in [6, 6.07) is 17.2. The van der Waals surface area contributed by atoms with E-state index < -0.39 is 0 Å². The fraction of sp³-hybridized carbons (Fsp3) is 0.263. The first-order valence-electron chi connectivity index (χ1n) is 8.14. The van der Waals surface area contributed by atoms with Gasteiger partial charge in [-0.2, -0.15) is 5.10 Å². The number of aromatic nitrogens is 3. The van der Waals surface area contributed by atoms with Crippen LogP contribution in [0.2, 0.25) is 0 Å². The molecule has 0 spiro atoms. The van der Waals surface area contributed by atoms with Crippen LogP contribution < -0.4 is 0 Å². The maximum Gasteiger partial charge on any atom is 0.0648 e. The van der Waals surface area contributed by atoms with Gasteiger partial charge in [-0.05, 0) is 55.3 Å². The van der Waals surface area contributed by atoms with Gasteiger partial charge in [0.1, 0.15) is 0 Å². The molecule has 1 saturated heterocycles. The Bertz CT molecular complexity index is 752. The maximum absolute atomic E-state index is 4.56. The van der Waals surface area contributed by atoms with Gasteiger partial charge in [-0.15, -0.1) is 0 Å². The lowest BCUT2D eigenvalue weighted by atomic mass is 10.1. The highest BCUT2D eigenvalue weighted by Gasteiger charge is 2.26. The number of hydrogen-bond donors (Lipinski definition) is 0. The van der Waals surface area contributed by atoms with Crippen LogP contribution in [0.1, 0.15) is 30.1 Å². The number of pyridine rings is 1. The van der Waals surface area contributed by atoms with Gasteiger partial charge in [0.15, 0.2) is 0 Å². The first-order chi connectivity index (χ1) is 11.4. The highest BCUT2D eigenvalue weighted by molar-refractivity contribution is 5.35. The Morgan fingerprint density at radius 2 is 2.04 bits per heavy atom. The van der Waals surface area contributed by atoms with Crippen molar-refractivity contribution in [2.45, 2.75) is 25.4 Å². The van der Waals surface area contributed by atoms with Crippen molar-refractivity contribution in [3.63, 3.8) is 0 Å². The second kappa shape index (κ2) is 6.34. The maximum atomic E-state index is 4.56. The van der Waals surface area contributed by atoms with Crippen LogP contribution in [0.25, 0.3) is 5.69 Å². The van der Waals surface area contributed by atoms with Crippen LogP contribution in [-0.4, -0.2) is 26.2 Å². The summed E-state index contributed by atoms with van der Waals surface area (Å²) < 4.78 is 1.91. The van der Waals surface area contributed by atoms with Crippen molar-refractivity contribution in [3.8, 4) is 5.69 Å². The summed E-state index contributed by atoms with van der Waals surface area (Å²) >= 11 is 0. The van der Waals surface area contributed by atoms with Crippen LogP contribution in [0.3, 0.4) is 0 Å². The van der Waals surface area contributed by atoms with Crippen molar-refractivity contribution < 1.29 is 0 Å². The molecule has 1 unspecified atom stereocenters. The summed E-state index contributed by atoms with van der Waals surface area (Å²) in [4.78, 5) is 7.09. The molecule has 0 amide bonds. The van der Waals surface area contributed by atoms with Gasteiger partial charge in [-0.25, -0.2) is 4.68 Å². The topological polar surface area (TPSA) is 34.0 Å². The highest BCUT2D eigenvalue weighted by Crippen LogP contribution is 2.32. The molecule has 1 aliphatic rings. The summed E-state index contributed by atoms with van der Waals surface area (Å²) in [5.41, 5.74) is 3.62. The lowest BCUT2D eigenvalue weighted by molar-refractivity contribution is 0.244. The molecule has 2 aromatic heterocycles. The van der Waals surface area contributed by atoms with Crippen molar-refractivity contribution in [3.05, 3.63) is 78.4 Å². The normalized spacial score (nSPS) is 18.3. The number of benzene rings is 1. The van der Waals surface area contributed by atoms with E-state index in [2.05, 4.69) is 51.4 Å². The summed E-state index contributed by atoms with van der Waals surface area (Å²) in [6.45, 7) is 2.09. The monoisotopic (exact) mass is 304 g/mol. The minimum Gasteiger partial charge on any atom is -0.291 e. The molecule has 0 bridgehead atoms. The smallest absolute Gasteiger partial charge is 0.0648 e. The molecule has 0 aliphatic carbocycles. The fourth-order valence-corrected chi connectivity index (χ4v) is 3.38. The van der Waals surface area contributed by atoms with Gasteiger partial charge in [0.05, 0.1) is 17.4 Å². The Balaban J connectivity index is 1.55. The molecular weight excluding hydrogens is 284 g/mol. The second-order valence-corrected chi connectivity index (χ2v) is 6.00. The minimum absolute atomic E-state index is 0.435. The molecular formula is C19H20N4. The van der Waals surface area contributed by atoms with Gasteiger partial charge in [0.25, 0.3) is 0 Å². The molecule has 3 heterocycles. The third kappa shape index (κ3) is 3.03. The molecule has 0 N–H and O–H groups in total. The highest BCUT2D eigenvalue weighted by atomic mass is 15.3. The van der Waals surface area contributed by atoms with E-state index in [9.17, 15) is 0 Å². The fourth-order valence-electron chi connectivity index (χ4n) is 3.38. The molecule has 4 rings (SSSR count). The summed E-state index contributed by atoms with van der Waals surface area (Å²) in [7, 11) is 0. The molecule has 116 valence electrons. The predicted octanol–water partition coefficient (Wildman–Crippen LogP) is 3.60. The third-order valence-electron chi connectivity index (χ3n) is 4.46. The van der Waals surface area contributed by atoms with Gasteiger partial charge in [0.2, 0.25) is 0 Å². The van der Waals surface area contributed by atoms with Gasteiger partial charge >= 0.3 is 0 Å². The largest absolute Gasteiger partial charge is 0.291 e. The first-order valence-corrected chi connectivity index (χ1v) is 8.14. The van der Waals surface area contributed by atoms with Crippen molar-refractivity contribution in [1.82, 2.24) is 19.7 Å². The van der Waals surface area contributed by atoms with Crippen molar-refractivity contribution in [2.24, 2.45) is 0 Å². The van der Waals surface area contributed by atoms with Crippen LogP contribution in [0, 0.1) is 0 Å². The number of nitrogens with zero attached hydrogens (tertiary/aromatic N) is 4. The Hall–Kier alpha value is -2.46. The quantitative estimate of drug-likeness (QED) is 0.738. The molecule has 1 fully saturated rings. The number of hydrogen-bond acceptors (Lipinski definition) is 3. The SMILES string of the molecule is c1ccc(C2CCCN2Cc2cccc(-n3cccn3)c2)nc1. The van der Waals surface area contributed by atoms with E-state index in [0.29, 0.717) is 6.04 Å². The third-order valence-corrected chi connectivity index (χ3v) is 4.46. The Morgan fingerprint density at radius 3 is 2.87 bits per heavy atom. The standard InChI is InChI=1S/C19H20N4/c1-2-10-20-18(8-1)19-9-4-12-22(19)15-16-6-3-7-17(14-16)23-13-5-11-21-23/h1-3,5-8,10-11,13-14,19H,4,9,12,15H2. The molecule has 0 saturated carbocycles. The zero-order valence-electron chi connectivity index (χ0n) is 13.0. The zero-order chi connectivity index (χ0) is 15.5. The van der Waals surface area contributed by atoms with E-state index in [-0.39, 0.29) is 0 Å². The summed E-state index contributed by atoms with van der Waals surface area (Å²) in [5.74, 6) is 0. The van der Waals surface area contributed by atoms with Crippen LogP contribution in [0.5, 0.6) is 0 Å². The van der Waals surface area contributed by atoms with E-state index in [1.165, 1.54) is 24.1 Å². The molecule has 1 aromatic carbocycles. The van der Waals surface area contributed by atoms with Gasteiger partial charge in [0, 0.05) is 25.1 Å². The van der Waals surface area contributed by atoms with E-state index in [4.69, 9.17) is 0 Å². The van der Waals surface area contributed by atoms with E-state index in [1.807, 2.05) is 35.4 Å². The molecule has 1 atom stereocenters. The van der Waals surface area contributed by atoms with Gasteiger partial charge < -0.3 is 0 Å². The van der Waals surface area contributed by atoms with Crippen LogP contribution in [0.15, 0.2) is 67.1 Å². The van der Waals surface area contributed by atoms with Crippen LogP contribution in [0.4, 0.5) is 0 Å². The van der Waals surface area contributed by atoms with Gasteiger partial charge in [-0.3, -0.25) is 9.88 Å². The van der Waals surface area contributed by atoms with Gasteiger partial charge in [-0.1, -0.05) is 18.2 Å². The molecule has 23 heavy (non-hydrogen) atoms. The second-order valence-electron chi connectivity index (χ2n) is 6.00. The van der Waals surface area contributed by atoms with E-state index >= 15 is 0 Å². The Morgan fingerprint density at radius 1 is 1.04 bits per heavy atom. The summed E-state index contributed by atoms with van der Waals surface area (Å²) in [6.07, 6.45) is 8.11. The Labute approximate surface area is 136 Å². The lowest BCUT2D eigenvalue weighted by Gasteiger charge is -2.24. The molecule has 4 heteroatoms. The number of likely N-dealkylation sites (tertiary alicyclic amines) is 1. The minimum atomic E-state index is 0.435. The molecule has 3 aromatic rings. The average Bonchev–Trinajstić information content (AvgIpc) is 3.28. The van der Waals surface area contributed by atoms with E-state index in [1.54, 1.807) is 0 Å². The zero-order valence-corrected chi connectivity index (χ0v) is 13.0. The van der Waals surface area contributed by atoms with Crippen molar-refractivity contribution in [1.29, 1.82) is 0 Å². The number of rotatable bonds is 4. The molecule has 1 aliphatic heterocycles. The van der Waals surface area contributed by atoms with Crippen LogP contribution >= 0.6 is 0 Å². The Kier molecular flexibility index (Phi) is 3.90. The molecule has 0 radical (unpaired) electrons. The van der Waals surface area contributed by atoms with E-state index in [0.717, 1.165) is 18.8 Å². The average molecular weight is 304 g/mol. The lowest BCUT2D eigenvalue weighted by Crippen LogP contribution is -2.23. The predicted molar refractivity (Wildman–Crippen MR) is 90.2 cm³/mol.